The number of nitrogens with one attached hydrogen (secondary N) is 1. The highest BCUT2D eigenvalue weighted by Gasteiger charge is 2.16. The van der Waals surface area contributed by atoms with Crippen LogP contribution < -0.4 is 0 Å². The Kier molecular flexibility index (Phi) is 5.11. The summed E-state index contributed by atoms with van der Waals surface area (Å²) in [6.45, 7) is 3.44. The minimum atomic E-state index is 0. The molecule has 0 amide bonds. The van der Waals surface area contributed by atoms with Crippen LogP contribution >= 0.6 is 28.7 Å². The van der Waals surface area contributed by atoms with Crippen LogP contribution in [0, 0.1) is 5.41 Å². The van der Waals surface area contributed by atoms with E-state index in [9.17, 15) is 0 Å². The van der Waals surface area contributed by atoms with E-state index < -0.39 is 0 Å². The van der Waals surface area contributed by atoms with Gasteiger partial charge in [0.05, 0.1) is 13.2 Å². The van der Waals surface area contributed by atoms with Crippen LogP contribution in [-0.4, -0.2) is 29.1 Å². The Morgan fingerprint density at radius 3 is 2.90 bits per heavy atom. The van der Waals surface area contributed by atoms with Crippen molar-refractivity contribution in [2.45, 2.75) is 6.92 Å². The zero-order chi connectivity index (χ0) is 6.69. The summed E-state index contributed by atoms with van der Waals surface area (Å²) in [6.07, 6.45) is 0. The molecular weight excluding hydrogens is 216 g/mol. The van der Waals surface area contributed by atoms with Crippen LogP contribution in [0.2, 0.25) is 0 Å². The highest BCUT2D eigenvalue weighted by Crippen LogP contribution is 2.15. The van der Waals surface area contributed by atoms with Crippen molar-refractivity contribution >= 4 is 33.9 Å². The molecule has 0 aromatic heterocycles. The molecule has 0 radical (unpaired) electrons. The molecule has 0 atom stereocenters. The number of amidine groups is 1. The quantitative estimate of drug-likeness (QED) is 0.776. The Morgan fingerprint density at radius 2 is 2.50 bits per heavy atom. The molecule has 5 heteroatoms. The largest absolute Gasteiger partial charge is 0.277 e. The smallest absolute Gasteiger partial charge is 0.180 e. The summed E-state index contributed by atoms with van der Waals surface area (Å²) in [4.78, 5) is 5.10. The summed E-state index contributed by atoms with van der Waals surface area (Å²) in [5, 5.41) is 9.44. The first-order valence-corrected chi connectivity index (χ1v) is 3.95. The normalized spacial score (nSPS) is 17.3. The average Bonchev–Trinajstić information content (AvgIpc) is 2.18. The van der Waals surface area contributed by atoms with Crippen molar-refractivity contribution < 1.29 is 4.84 Å². The fraction of sp³-hybridized carbons (Fsp3) is 0.800. The third kappa shape index (κ3) is 2.48. The van der Waals surface area contributed by atoms with Gasteiger partial charge in [0.2, 0.25) is 0 Å². The molecule has 1 aliphatic rings. The van der Waals surface area contributed by atoms with Crippen LogP contribution in [-0.2, 0) is 4.84 Å². The number of nitrogens with zero attached hydrogens (tertiary/aromatic N) is 1. The fourth-order valence-corrected chi connectivity index (χ4v) is 1.42. The molecule has 1 heterocycles. The van der Waals surface area contributed by atoms with E-state index in [0.717, 1.165) is 12.3 Å². The number of thioether (sulfide) groups is 1. The molecule has 10 heavy (non-hydrogen) atoms. The Hall–Kier alpha value is 0.260. The first-order valence-electron chi connectivity index (χ1n) is 2.96. The molecule has 0 bridgehead atoms. The zero-order valence-corrected chi connectivity index (χ0v) is 8.32. The van der Waals surface area contributed by atoms with Crippen molar-refractivity contribution in [1.82, 2.24) is 5.06 Å². The second kappa shape index (κ2) is 4.98. The van der Waals surface area contributed by atoms with Gasteiger partial charge in [-0.1, -0.05) is 11.8 Å². The van der Waals surface area contributed by atoms with Crippen LogP contribution in [0.4, 0.5) is 0 Å². The monoisotopic (exact) mass is 226 g/mol. The Labute approximate surface area is 75.3 Å². The zero-order valence-electron chi connectivity index (χ0n) is 5.79. The third-order valence-corrected chi connectivity index (χ3v) is 1.91. The van der Waals surface area contributed by atoms with Crippen molar-refractivity contribution in [2.75, 3.05) is 18.9 Å². The van der Waals surface area contributed by atoms with Crippen LogP contribution in [0.3, 0.4) is 0 Å². The predicted octanol–water partition coefficient (Wildman–Crippen LogP) is 1.50. The van der Waals surface area contributed by atoms with Crippen LogP contribution in [0.1, 0.15) is 6.92 Å². The molecule has 3 nitrogen and oxygen atoms in total. The van der Waals surface area contributed by atoms with Gasteiger partial charge < -0.3 is 0 Å². The van der Waals surface area contributed by atoms with Crippen molar-refractivity contribution in [2.24, 2.45) is 0 Å². The van der Waals surface area contributed by atoms with Gasteiger partial charge in [0.1, 0.15) is 0 Å². The first kappa shape index (κ1) is 10.3. The standard InChI is InChI=1S/C5H10N2OS.BrH/c1-2-8-7-3-4-9-5(7)6;/h6H,2-4H2,1H3;1H. The summed E-state index contributed by atoms with van der Waals surface area (Å²) in [6, 6.07) is 0. The van der Waals surface area contributed by atoms with Gasteiger partial charge in [0, 0.05) is 5.75 Å². The van der Waals surface area contributed by atoms with E-state index in [4.69, 9.17) is 10.2 Å². The second-order valence-electron chi connectivity index (χ2n) is 1.67. The maximum atomic E-state index is 7.27. The summed E-state index contributed by atoms with van der Waals surface area (Å²) < 4.78 is 0. The highest BCUT2D eigenvalue weighted by molar-refractivity contribution is 8.93. The van der Waals surface area contributed by atoms with Gasteiger partial charge >= 0.3 is 0 Å². The molecule has 0 spiro atoms. The topological polar surface area (TPSA) is 36.3 Å². The first-order chi connectivity index (χ1) is 4.34. The lowest BCUT2D eigenvalue weighted by atomic mass is 10.7. The lowest BCUT2D eigenvalue weighted by Gasteiger charge is -2.13. The number of rotatable bonds is 2. The minimum absolute atomic E-state index is 0. The SMILES string of the molecule is Br.CCON1CCSC1=N. The van der Waals surface area contributed by atoms with Gasteiger partial charge in [-0.05, 0) is 6.92 Å². The van der Waals surface area contributed by atoms with Crippen molar-refractivity contribution in [3.63, 3.8) is 0 Å². The number of hydrogen-bond acceptors (Lipinski definition) is 3. The van der Waals surface area contributed by atoms with Gasteiger partial charge in [-0.2, -0.15) is 0 Å². The summed E-state index contributed by atoms with van der Waals surface area (Å²) >= 11 is 1.53. The van der Waals surface area contributed by atoms with E-state index in [1.165, 1.54) is 11.8 Å². The van der Waals surface area contributed by atoms with Crippen molar-refractivity contribution in [3.8, 4) is 0 Å². The molecule has 60 valence electrons. The molecule has 0 aliphatic carbocycles. The van der Waals surface area contributed by atoms with E-state index in [1.807, 2.05) is 6.92 Å². The maximum absolute atomic E-state index is 7.27. The average molecular weight is 227 g/mol. The molecule has 1 N–H and O–H groups in total. The van der Waals surface area contributed by atoms with Crippen molar-refractivity contribution in [3.05, 3.63) is 0 Å². The van der Waals surface area contributed by atoms with E-state index >= 15 is 0 Å². The molecule has 0 aromatic rings. The van der Waals surface area contributed by atoms with Gasteiger partial charge in [-0.3, -0.25) is 10.2 Å². The molecule has 0 aromatic carbocycles. The van der Waals surface area contributed by atoms with Crippen LogP contribution in [0.25, 0.3) is 0 Å². The molecule has 1 aliphatic heterocycles. The van der Waals surface area contributed by atoms with Gasteiger partial charge in [0.25, 0.3) is 0 Å². The fourth-order valence-electron chi connectivity index (χ4n) is 0.678. The number of hydrogen-bond donors (Lipinski definition) is 1. The third-order valence-electron chi connectivity index (χ3n) is 1.04. The van der Waals surface area contributed by atoms with E-state index in [0.29, 0.717) is 11.8 Å². The Balaban J connectivity index is 0.000000810. The lowest BCUT2D eigenvalue weighted by molar-refractivity contribution is -0.0838. The molecule has 0 unspecified atom stereocenters. The molecule has 1 rings (SSSR count). The van der Waals surface area contributed by atoms with E-state index in [1.54, 1.807) is 5.06 Å². The lowest BCUT2D eigenvalue weighted by Crippen LogP contribution is -2.23. The molecule has 0 saturated carbocycles. The Morgan fingerprint density at radius 1 is 1.80 bits per heavy atom. The second-order valence-corrected chi connectivity index (χ2v) is 2.76. The summed E-state index contributed by atoms with van der Waals surface area (Å²) in [5.74, 6) is 0.985. The van der Waals surface area contributed by atoms with Crippen molar-refractivity contribution in [1.29, 1.82) is 5.41 Å². The number of halogens is 1. The van der Waals surface area contributed by atoms with Crippen LogP contribution in [0.5, 0.6) is 0 Å². The Bertz CT molecular complexity index is 122. The minimum Gasteiger partial charge on any atom is -0.277 e. The predicted molar refractivity (Wildman–Crippen MR) is 48.8 cm³/mol. The maximum Gasteiger partial charge on any atom is 0.180 e. The molecular formula is C5H11BrN2OS. The number of hydroxylamine groups is 2. The van der Waals surface area contributed by atoms with Gasteiger partial charge in [0.15, 0.2) is 5.17 Å². The summed E-state index contributed by atoms with van der Waals surface area (Å²) in [7, 11) is 0. The molecule has 1 fully saturated rings. The summed E-state index contributed by atoms with van der Waals surface area (Å²) in [5.41, 5.74) is 0. The highest BCUT2D eigenvalue weighted by atomic mass is 79.9. The van der Waals surface area contributed by atoms with E-state index in [-0.39, 0.29) is 17.0 Å². The van der Waals surface area contributed by atoms with E-state index in [2.05, 4.69) is 0 Å². The van der Waals surface area contributed by atoms with Gasteiger partial charge in [-0.25, -0.2) is 5.06 Å². The van der Waals surface area contributed by atoms with Crippen LogP contribution in [0.15, 0.2) is 0 Å². The van der Waals surface area contributed by atoms with Gasteiger partial charge in [-0.15, -0.1) is 17.0 Å². The molecule has 1 saturated heterocycles.